The number of hydrogen-bond acceptors (Lipinski definition) is 3. The normalized spacial score (nSPS) is 11.5. The van der Waals surface area contributed by atoms with Crippen molar-refractivity contribution in [2.24, 2.45) is 0 Å². The molecule has 4 nitrogen and oxygen atoms in total. The standard InChI is InChI=1S/C47H30N4/c1-3-15-34(16-4-1)45-48-46(35-17-5-2-6-18-35)50-47(49-45)44-38-20-10-8-13-31(38)25-29-39(44)33-23-27-36(28-24-33)51-41-22-12-11-21-40(41)43-37-19-9-7-14-32(37)26-30-42(43)51/h1-30H. The van der Waals surface area contributed by atoms with Crippen molar-refractivity contribution >= 4 is 43.4 Å². The number of aromatic nitrogens is 4. The van der Waals surface area contributed by atoms with E-state index in [2.05, 4.69) is 126 Å². The third kappa shape index (κ3) is 4.88. The summed E-state index contributed by atoms with van der Waals surface area (Å²) in [5.41, 5.74) is 8.54. The summed E-state index contributed by atoms with van der Waals surface area (Å²) in [6, 6.07) is 63.9. The number of fused-ring (bicyclic) bond motifs is 6. The zero-order valence-electron chi connectivity index (χ0n) is 27.6. The third-order valence-electron chi connectivity index (χ3n) is 9.85. The van der Waals surface area contributed by atoms with Gasteiger partial charge in [0.1, 0.15) is 0 Å². The molecule has 51 heavy (non-hydrogen) atoms. The lowest BCUT2D eigenvalue weighted by atomic mass is 9.93. The summed E-state index contributed by atoms with van der Waals surface area (Å²) in [7, 11) is 0. The highest BCUT2D eigenvalue weighted by atomic mass is 15.0. The first-order valence-corrected chi connectivity index (χ1v) is 17.2. The van der Waals surface area contributed by atoms with Gasteiger partial charge in [-0.1, -0.05) is 158 Å². The van der Waals surface area contributed by atoms with E-state index in [9.17, 15) is 0 Å². The fourth-order valence-electron chi connectivity index (χ4n) is 7.48. The Hall–Kier alpha value is -6.91. The van der Waals surface area contributed by atoms with Crippen molar-refractivity contribution in [3.05, 3.63) is 182 Å². The molecule has 8 aromatic carbocycles. The molecule has 4 heteroatoms. The lowest BCUT2D eigenvalue weighted by Gasteiger charge is -2.15. The molecule has 0 N–H and O–H groups in total. The summed E-state index contributed by atoms with van der Waals surface area (Å²) < 4.78 is 2.38. The van der Waals surface area contributed by atoms with Crippen LogP contribution in [0.15, 0.2) is 182 Å². The van der Waals surface area contributed by atoms with E-state index in [4.69, 9.17) is 15.0 Å². The van der Waals surface area contributed by atoms with Crippen LogP contribution in [0.2, 0.25) is 0 Å². The highest BCUT2D eigenvalue weighted by Gasteiger charge is 2.19. The average Bonchev–Trinajstić information content (AvgIpc) is 3.56. The molecule has 2 heterocycles. The molecule has 0 radical (unpaired) electrons. The van der Waals surface area contributed by atoms with Crippen molar-refractivity contribution in [1.82, 2.24) is 19.5 Å². The summed E-state index contributed by atoms with van der Waals surface area (Å²) in [6.07, 6.45) is 0. The van der Waals surface area contributed by atoms with Gasteiger partial charge in [0, 0.05) is 33.2 Å². The SMILES string of the molecule is c1ccc(-c2nc(-c3ccccc3)nc(-c3c(-c4ccc(-n5c6ccccc6c6c7ccccc7ccc65)cc4)ccc4ccccc34)n2)cc1. The van der Waals surface area contributed by atoms with Crippen molar-refractivity contribution in [3.8, 4) is 51.0 Å². The molecule has 2 aromatic heterocycles. The zero-order chi connectivity index (χ0) is 33.7. The largest absolute Gasteiger partial charge is 0.309 e. The van der Waals surface area contributed by atoms with Crippen molar-refractivity contribution in [1.29, 1.82) is 0 Å². The molecule has 10 aromatic rings. The minimum absolute atomic E-state index is 0.646. The second kappa shape index (κ2) is 11.9. The van der Waals surface area contributed by atoms with E-state index in [1.54, 1.807) is 0 Å². The second-order valence-corrected chi connectivity index (χ2v) is 12.8. The monoisotopic (exact) mass is 650 g/mol. The van der Waals surface area contributed by atoms with Crippen LogP contribution in [-0.2, 0) is 0 Å². The molecule has 0 unspecified atom stereocenters. The summed E-state index contributed by atoms with van der Waals surface area (Å²) in [4.78, 5) is 15.3. The van der Waals surface area contributed by atoms with Gasteiger partial charge in [-0.3, -0.25) is 0 Å². The van der Waals surface area contributed by atoms with Gasteiger partial charge < -0.3 is 4.57 Å². The molecule has 0 amide bonds. The Balaban J connectivity index is 1.18. The third-order valence-corrected chi connectivity index (χ3v) is 9.85. The molecule has 0 aliphatic rings. The Morgan fingerprint density at radius 3 is 1.55 bits per heavy atom. The molecule has 0 spiro atoms. The fourth-order valence-corrected chi connectivity index (χ4v) is 7.48. The average molecular weight is 651 g/mol. The minimum Gasteiger partial charge on any atom is -0.309 e. The van der Waals surface area contributed by atoms with E-state index in [0.717, 1.165) is 44.3 Å². The molecule has 0 saturated carbocycles. The van der Waals surface area contributed by atoms with Crippen LogP contribution in [-0.4, -0.2) is 19.5 Å². The van der Waals surface area contributed by atoms with E-state index >= 15 is 0 Å². The van der Waals surface area contributed by atoms with Crippen LogP contribution < -0.4 is 0 Å². The Bertz CT molecular complexity index is 2830. The number of benzene rings is 8. The van der Waals surface area contributed by atoms with Crippen LogP contribution in [0, 0.1) is 0 Å². The first-order chi connectivity index (χ1) is 25.3. The van der Waals surface area contributed by atoms with Gasteiger partial charge in [-0.05, 0) is 56.9 Å². The summed E-state index contributed by atoms with van der Waals surface area (Å²) in [5, 5.41) is 7.28. The lowest BCUT2D eigenvalue weighted by molar-refractivity contribution is 1.08. The van der Waals surface area contributed by atoms with E-state index in [-0.39, 0.29) is 0 Å². The highest BCUT2D eigenvalue weighted by Crippen LogP contribution is 2.40. The number of hydrogen-bond donors (Lipinski definition) is 0. The van der Waals surface area contributed by atoms with Crippen LogP contribution in [0.5, 0.6) is 0 Å². The first kappa shape index (κ1) is 29.0. The zero-order valence-corrected chi connectivity index (χ0v) is 27.6. The van der Waals surface area contributed by atoms with Crippen LogP contribution >= 0.6 is 0 Å². The minimum atomic E-state index is 0.646. The highest BCUT2D eigenvalue weighted by molar-refractivity contribution is 6.21. The van der Waals surface area contributed by atoms with E-state index in [0.29, 0.717) is 17.5 Å². The summed E-state index contributed by atoms with van der Waals surface area (Å²) >= 11 is 0. The van der Waals surface area contributed by atoms with Gasteiger partial charge in [-0.15, -0.1) is 0 Å². The van der Waals surface area contributed by atoms with Gasteiger partial charge in [0.05, 0.1) is 11.0 Å². The van der Waals surface area contributed by atoms with Gasteiger partial charge in [-0.25, -0.2) is 15.0 Å². The Morgan fingerprint density at radius 2 is 0.863 bits per heavy atom. The Labute approximate surface area is 295 Å². The van der Waals surface area contributed by atoms with Crippen LogP contribution in [0.25, 0.3) is 94.3 Å². The van der Waals surface area contributed by atoms with Crippen LogP contribution in [0.1, 0.15) is 0 Å². The molecule has 10 rings (SSSR count). The number of nitrogens with zero attached hydrogens (tertiary/aromatic N) is 4. The topological polar surface area (TPSA) is 43.6 Å². The molecule has 0 fully saturated rings. The van der Waals surface area contributed by atoms with E-state index in [1.165, 1.54) is 32.6 Å². The van der Waals surface area contributed by atoms with Crippen LogP contribution in [0.3, 0.4) is 0 Å². The van der Waals surface area contributed by atoms with Gasteiger partial charge in [0.2, 0.25) is 0 Å². The second-order valence-electron chi connectivity index (χ2n) is 12.8. The molecule has 0 bridgehead atoms. The number of rotatable bonds is 5. The van der Waals surface area contributed by atoms with E-state index < -0.39 is 0 Å². The molecular weight excluding hydrogens is 621 g/mol. The lowest BCUT2D eigenvalue weighted by Crippen LogP contribution is -2.01. The van der Waals surface area contributed by atoms with Crippen molar-refractivity contribution in [3.63, 3.8) is 0 Å². The van der Waals surface area contributed by atoms with E-state index in [1.807, 2.05) is 60.7 Å². The summed E-state index contributed by atoms with van der Waals surface area (Å²) in [6.45, 7) is 0. The predicted molar refractivity (Wildman–Crippen MR) is 211 cm³/mol. The Morgan fingerprint density at radius 1 is 0.333 bits per heavy atom. The fraction of sp³-hybridized carbons (Fsp3) is 0. The van der Waals surface area contributed by atoms with Crippen molar-refractivity contribution in [2.45, 2.75) is 0 Å². The predicted octanol–water partition coefficient (Wildman–Crippen LogP) is 11.9. The number of para-hydroxylation sites is 1. The maximum absolute atomic E-state index is 5.16. The van der Waals surface area contributed by atoms with Crippen LogP contribution in [0.4, 0.5) is 0 Å². The maximum atomic E-state index is 5.16. The van der Waals surface area contributed by atoms with Crippen molar-refractivity contribution in [2.75, 3.05) is 0 Å². The molecule has 0 aliphatic carbocycles. The maximum Gasteiger partial charge on any atom is 0.165 e. The van der Waals surface area contributed by atoms with Gasteiger partial charge in [0.15, 0.2) is 17.5 Å². The van der Waals surface area contributed by atoms with Gasteiger partial charge >= 0.3 is 0 Å². The molecule has 0 aliphatic heterocycles. The van der Waals surface area contributed by atoms with Gasteiger partial charge in [0.25, 0.3) is 0 Å². The molecule has 0 atom stereocenters. The molecule has 0 saturated heterocycles. The Kier molecular flexibility index (Phi) is 6.78. The molecule has 238 valence electrons. The smallest absolute Gasteiger partial charge is 0.165 e. The van der Waals surface area contributed by atoms with Crippen molar-refractivity contribution < 1.29 is 0 Å². The first-order valence-electron chi connectivity index (χ1n) is 17.2. The van der Waals surface area contributed by atoms with Gasteiger partial charge in [-0.2, -0.15) is 0 Å². The quantitative estimate of drug-likeness (QED) is 0.186. The summed E-state index contributed by atoms with van der Waals surface area (Å²) in [5.74, 6) is 1.94. The molecular formula is C47H30N4.